The van der Waals surface area contributed by atoms with Gasteiger partial charge in [0.15, 0.2) is 11.6 Å². The Kier molecular flexibility index (Phi) is 8.43. The standard InChI is InChI=1S/C41H39NO7/c1-24-21-26(16-19-33(24)43)37-28-17-18-29-36(40(49)42(39(29)48)20-10-4-9-15-35(45)46)31(28)22-32-38(47)30(25-11-5-2-6-12-25)23-34(44)41(32,37)27-13-7-3-8-14-27/h2-3,5-8,11-14,16-17,19,21,23,29,31-32,36-37,43H,4,9-10,15,18,20,22H2,1H3,(H,45,46)/t29-,31+,32-,36-,37-,41-/m0/s1. The van der Waals surface area contributed by atoms with Crippen LogP contribution in [-0.4, -0.2) is 51.0 Å². The van der Waals surface area contributed by atoms with Crippen LogP contribution in [-0.2, 0) is 29.4 Å². The van der Waals surface area contributed by atoms with Crippen LogP contribution in [0.3, 0.4) is 0 Å². The molecule has 2 amide bonds. The zero-order chi connectivity index (χ0) is 34.4. The molecule has 1 heterocycles. The SMILES string of the molecule is Cc1cc([C@H]2C3=CC[C@@H]4C(=O)N(CCCCCC(=O)O)C(=O)[C@@H]4[C@@H]3C[C@H]3C(=O)C(c4ccccc4)=CC(=O)[C@@]23c2ccccc2)ccc1O. The van der Waals surface area contributed by atoms with Crippen molar-refractivity contribution in [1.82, 2.24) is 4.90 Å². The van der Waals surface area contributed by atoms with Gasteiger partial charge < -0.3 is 10.2 Å². The van der Waals surface area contributed by atoms with Crippen molar-refractivity contribution >= 4 is 34.9 Å². The molecule has 8 nitrogen and oxygen atoms in total. The second-order valence-electron chi connectivity index (χ2n) is 13.9. The fourth-order valence-corrected chi connectivity index (χ4v) is 9.12. The zero-order valence-corrected chi connectivity index (χ0v) is 27.4. The minimum atomic E-state index is -1.31. The molecule has 3 aromatic rings. The lowest BCUT2D eigenvalue weighted by Crippen LogP contribution is -2.58. The normalized spacial score (nSPS) is 27.6. The predicted octanol–water partition coefficient (Wildman–Crippen LogP) is 6.17. The topological polar surface area (TPSA) is 129 Å². The first-order valence-electron chi connectivity index (χ1n) is 17.1. The van der Waals surface area contributed by atoms with Crippen molar-refractivity contribution in [2.24, 2.45) is 23.7 Å². The maximum Gasteiger partial charge on any atom is 0.303 e. The van der Waals surface area contributed by atoms with Crippen LogP contribution in [0.1, 0.15) is 66.7 Å². The number of hydrogen-bond donors (Lipinski definition) is 2. The third kappa shape index (κ3) is 5.25. The lowest BCUT2D eigenvalue weighted by molar-refractivity contribution is -0.141. The van der Waals surface area contributed by atoms with E-state index in [0.29, 0.717) is 42.4 Å². The Balaban J connectivity index is 1.37. The number of likely N-dealkylation sites (tertiary alicyclic amines) is 1. The van der Waals surface area contributed by atoms with E-state index < -0.39 is 41.0 Å². The Bertz CT molecular complexity index is 1910. The van der Waals surface area contributed by atoms with Crippen LogP contribution < -0.4 is 0 Å². The van der Waals surface area contributed by atoms with E-state index in [2.05, 4.69) is 0 Å². The minimum Gasteiger partial charge on any atom is -0.508 e. The van der Waals surface area contributed by atoms with Gasteiger partial charge in [-0.15, -0.1) is 0 Å². The number of aliphatic carboxylic acids is 1. The number of hydrogen-bond acceptors (Lipinski definition) is 6. The highest BCUT2D eigenvalue weighted by Gasteiger charge is 2.65. The second-order valence-corrected chi connectivity index (χ2v) is 13.9. The third-order valence-corrected chi connectivity index (χ3v) is 11.3. The number of amides is 2. The van der Waals surface area contributed by atoms with Gasteiger partial charge >= 0.3 is 5.97 Å². The molecule has 8 heteroatoms. The highest BCUT2D eigenvalue weighted by atomic mass is 16.4. The van der Waals surface area contributed by atoms with Crippen LogP contribution in [0.25, 0.3) is 5.57 Å². The molecule has 3 aliphatic carbocycles. The van der Waals surface area contributed by atoms with Crippen LogP contribution in [0.5, 0.6) is 5.75 Å². The molecule has 0 bridgehead atoms. The van der Waals surface area contributed by atoms with Gasteiger partial charge in [0.1, 0.15) is 5.75 Å². The molecule has 0 unspecified atom stereocenters. The number of rotatable bonds is 9. The van der Waals surface area contributed by atoms with Crippen LogP contribution in [0, 0.1) is 30.6 Å². The lowest BCUT2D eigenvalue weighted by atomic mass is 9.44. The number of ketones is 2. The van der Waals surface area contributed by atoms with Crippen molar-refractivity contribution in [3.63, 3.8) is 0 Å². The Morgan fingerprint density at radius 3 is 2.29 bits per heavy atom. The van der Waals surface area contributed by atoms with Gasteiger partial charge in [0.25, 0.3) is 0 Å². The molecule has 3 aromatic carbocycles. The monoisotopic (exact) mass is 657 g/mol. The summed E-state index contributed by atoms with van der Waals surface area (Å²) in [6.45, 7) is 2.02. The van der Waals surface area contributed by atoms with Gasteiger partial charge in [-0.2, -0.15) is 0 Å². The first-order valence-corrected chi connectivity index (χ1v) is 17.1. The maximum atomic E-state index is 15.0. The van der Waals surface area contributed by atoms with E-state index in [1.807, 2.05) is 78.9 Å². The smallest absolute Gasteiger partial charge is 0.303 e. The number of unbranched alkanes of at least 4 members (excludes halogenated alkanes) is 2. The predicted molar refractivity (Wildman–Crippen MR) is 182 cm³/mol. The number of allylic oxidation sites excluding steroid dienone is 4. The third-order valence-electron chi connectivity index (χ3n) is 11.3. The second kappa shape index (κ2) is 12.7. The lowest BCUT2D eigenvalue weighted by Gasteiger charge is -2.55. The number of imide groups is 1. The van der Waals surface area contributed by atoms with E-state index in [1.165, 1.54) is 11.0 Å². The molecule has 1 saturated heterocycles. The van der Waals surface area contributed by atoms with E-state index in [1.54, 1.807) is 13.0 Å². The van der Waals surface area contributed by atoms with Crippen molar-refractivity contribution in [3.8, 4) is 5.75 Å². The van der Waals surface area contributed by atoms with Gasteiger partial charge in [0.2, 0.25) is 11.8 Å². The van der Waals surface area contributed by atoms with E-state index in [0.717, 1.165) is 16.7 Å². The molecular weight excluding hydrogens is 618 g/mol. The van der Waals surface area contributed by atoms with E-state index >= 15 is 4.79 Å². The first-order chi connectivity index (χ1) is 23.6. The van der Waals surface area contributed by atoms with Gasteiger partial charge in [-0.05, 0) is 72.9 Å². The quantitative estimate of drug-likeness (QED) is 0.160. The van der Waals surface area contributed by atoms with Crippen molar-refractivity contribution in [1.29, 1.82) is 0 Å². The number of carbonyl (C=O) groups is 5. The number of carboxylic acid groups (broad SMARTS) is 1. The fraction of sp³-hybridized carbons (Fsp3) is 0.341. The van der Waals surface area contributed by atoms with E-state index in [9.17, 15) is 24.3 Å². The summed E-state index contributed by atoms with van der Waals surface area (Å²) in [5, 5.41) is 19.5. The number of fused-ring (bicyclic) bond motifs is 4. The van der Waals surface area contributed by atoms with Gasteiger partial charge in [0, 0.05) is 30.4 Å². The summed E-state index contributed by atoms with van der Waals surface area (Å²) in [5.41, 5.74) is 2.69. The van der Waals surface area contributed by atoms with Crippen molar-refractivity contribution < 1.29 is 34.2 Å². The van der Waals surface area contributed by atoms with Gasteiger partial charge in [-0.1, -0.05) is 90.9 Å². The van der Waals surface area contributed by atoms with E-state index in [-0.39, 0.29) is 48.5 Å². The summed E-state index contributed by atoms with van der Waals surface area (Å²) in [6, 6.07) is 23.9. The molecule has 4 aliphatic rings. The molecule has 2 fully saturated rings. The molecular formula is C41H39NO7. The summed E-state index contributed by atoms with van der Waals surface area (Å²) in [5.74, 6) is -4.73. The van der Waals surface area contributed by atoms with Crippen molar-refractivity contribution in [3.05, 3.63) is 119 Å². The molecule has 2 N–H and O–H groups in total. The molecule has 7 rings (SSSR count). The molecule has 49 heavy (non-hydrogen) atoms. The molecule has 0 radical (unpaired) electrons. The number of phenols is 1. The Morgan fingerprint density at radius 2 is 1.59 bits per heavy atom. The number of aromatic hydroxyl groups is 1. The molecule has 1 aliphatic heterocycles. The molecule has 6 atom stereocenters. The molecule has 250 valence electrons. The minimum absolute atomic E-state index is 0.0390. The number of phenolic OH excluding ortho intramolecular Hbond substituents is 1. The summed E-state index contributed by atoms with van der Waals surface area (Å²) in [4.78, 5) is 70.3. The molecule has 0 aromatic heterocycles. The van der Waals surface area contributed by atoms with Gasteiger partial charge in [-0.3, -0.25) is 28.9 Å². The number of nitrogens with zero attached hydrogens (tertiary/aromatic N) is 1. The van der Waals surface area contributed by atoms with Crippen molar-refractivity contribution in [2.75, 3.05) is 6.54 Å². The Hall–Kier alpha value is -5.11. The van der Waals surface area contributed by atoms with E-state index in [4.69, 9.17) is 5.11 Å². The van der Waals surface area contributed by atoms with Crippen LogP contribution in [0.4, 0.5) is 0 Å². The Morgan fingerprint density at radius 1 is 0.878 bits per heavy atom. The molecule has 1 saturated carbocycles. The number of aryl methyl sites for hydroxylation is 1. The first kappa shape index (κ1) is 32.4. The number of benzene rings is 3. The highest BCUT2D eigenvalue weighted by Crippen LogP contribution is 2.63. The van der Waals surface area contributed by atoms with Gasteiger partial charge in [-0.25, -0.2) is 0 Å². The zero-order valence-electron chi connectivity index (χ0n) is 27.4. The van der Waals surface area contributed by atoms with Crippen LogP contribution in [0.15, 0.2) is 96.6 Å². The van der Waals surface area contributed by atoms with Gasteiger partial charge in [0.05, 0.1) is 17.3 Å². The summed E-state index contributed by atoms with van der Waals surface area (Å²) < 4.78 is 0. The summed E-state index contributed by atoms with van der Waals surface area (Å²) >= 11 is 0. The van der Waals surface area contributed by atoms with Crippen molar-refractivity contribution in [2.45, 2.75) is 56.8 Å². The summed E-state index contributed by atoms with van der Waals surface area (Å²) in [7, 11) is 0. The van der Waals surface area contributed by atoms with Crippen LogP contribution >= 0.6 is 0 Å². The number of Topliss-reactive ketones (excluding diaryl/α,β-unsaturated/α-hetero) is 1. The highest BCUT2D eigenvalue weighted by molar-refractivity contribution is 6.31. The average molecular weight is 658 g/mol. The number of carboxylic acids is 1. The fourth-order valence-electron chi connectivity index (χ4n) is 9.12. The Labute approximate surface area is 285 Å². The number of carbonyl (C=O) groups excluding carboxylic acids is 4. The largest absolute Gasteiger partial charge is 0.508 e. The van der Waals surface area contributed by atoms with Crippen LogP contribution in [0.2, 0.25) is 0 Å². The molecule has 0 spiro atoms. The summed E-state index contributed by atoms with van der Waals surface area (Å²) in [6.07, 6.45) is 5.72. The maximum absolute atomic E-state index is 15.0. The average Bonchev–Trinajstić information content (AvgIpc) is 3.35.